The van der Waals surface area contributed by atoms with Crippen molar-refractivity contribution in [1.29, 1.82) is 0 Å². The summed E-state index contributed by atoms with van der Waals surface area (Å²) in [4.78, 5) is 14.2. The van der Waals surface area contributed by atoms with Gasteiger partial charge in [-0.25, -0.2) is 4.79 Å². The van der Waals surface area contributed by atoms with E-state index in [1.165, 1.54) is 18.4 Å². The molecule has 0 fully saturated rings. The van der Waals surface area contributed by atoms with E-state index in [1.807, 2.05) is 12.1 Å². The highest BCUT2D eigenvalue weighted by atomic mass is 79.9. The molecule has 1 heterocycles. The van der Waals surface area contributed by atoms with Crippen LogP contribution in [0, 0.1) is 5.92 Å². The van der Waals surface area contributed by atoms with Gasteiger partial charge in [0.05, 0.1) is 18.4 Å². The SMILES string of the molecule is COC(=O)c1cc(Br)c2c(c1)C(C(C)C)CN2C(C)C. The Morgan fingerprint density at radius 2 is 2.00 bits per heavy atom. The van der Waals surface area contributed by atoms with E-state index in [0.717, 1.165) is 11.0 Å². The summed E-state index contributed by atoms with van der Waals surface area (Å²) in [6.07, 6.45) is 0. The van der Waals surface area contributed by atoms with Gasteiger partial charge < -0.3 is 9.64 Å². The number of halogens is 1. The quantitative estimate of drug-likeness (QED) is 0.772. The molecule has 1 aliphatic heterocycles. The van der Waals surface area contributed by atoms with Crippen molar-refractivity contribution in [1.82, 2.24) is 0 Å². The molecule has 1 aromatic rings. The predicted octanol–water partition coefficient (Wildman–Crippen LogP) is 4.20. The van der Waals surface area contributed by atoms with E-state index in [4.69, 9.17) is 4.74 Å². The van der Waals surface area contributed by atoms with Crippen molar-refractivity contribution in [3.8, 4) is 0 Å². The first-order valence-corrected chi connectivity index (χ1v) is 7.84. The van der Waals surface area contributed by atoms with E-state index in [2.05, 4.69) is 48.5 Å². The zero-order chi connectivity index (χ0) is 15.0. The largest absolute Gasteiger partial charge is 0.465 e. The molecule has 0 saturated carbocycles. The number of methoxy groups -OCH3 is 1. The van der Waals surface area contributed by atoms with Crippen molar-refractivity contribution in [3.63, 3.8) is 0 Å². The van der Waals surface area contributed by atoms with Crippen LogP contribution >= 0.6 is 15.9 Å². The number of ether oxygens (including phenoxy) is 1. The lowest BCUT2D eigenvalue weighted by Crippen LogP contribution is -2.30. The molecule has 0 bridgehead atoms. The average molecular weight is 340 g/mol. The topological polar surface area (TPSA) is 29.5 Å². The summed E-state index contributed by atoms with van der Waals surface area (Å²) >= 11 is 3.63. The summed E-state index contributed by atoms with van der Waals surface area (Å²) in [5.41, 5.74) is 3.10. The molecule has 20 heavy (non-hydrogen) atoms. The Morgan fingerprint density at radius 1 is 1.35 bits per heavy atom. The third kappa shape index (κ3) is 2.58. The molecule has 1 aliphatic rings. The number of anilines is 1. The standard InChI is InChI=1S/C16H22BrNO2/c1-9(2)13-8-18(10(3)4)15-12(13)6-11(7-14(15)17)16(19)20-5/h6-7,9-10,13H,8H2,1-5H3. The van der Waals surface area contributed by atoms with Gasteiger partial charge in [0, 0.05) is 23.0 Å². The van der Waals surface area contributed by atoms with E-state index in [0.29, 0.717) is 23.4 Å². The second kappa shape index (κ2) is 5.76. The molecule has 110 valence electrons. The zero-order valence-corrected chi connectivity index (χ0v) is 14.3. The van der Waals surface area contributed by atoms with Crippen LogP contribution in [0.4, 0.5) is 5.69 Å². The smallest absolute Gasteiger partial charge is 0.337 e. The van der Waals surface area contributed by atoms with Crippen LogP contribution in [-0.4, -0.2) is 25.7 Å². The Balaban J connectivity index is 2.56. The number of benzene rings is 1. The van der Waals surface area contributed by atoms with Gasteiger partial charge in [-0.15, -0.1) is 0 Å². The monoisotopic (exact) mass is 339 g/mol. The van der Waals surface area contributed by atoms with Gasteiger partial charge in [0.15, 0.2) is 0 Å². The number of esters is 1. The number of fused-ring (bicyclic) bond motifs is 1. The molecule has 0 amide bonds. The molecular weight excluding hydrogens is 318 g/mol. The predicted molar refractivity (Wildman–Crippen MR) is 85.5 cm³/mol. The number of hydrogen-bond donors (Lipinski definition) is 0. The number of hydrogen-bond acceptors (Lipinski definition) is 3. The van der Waals surface area contributed by atoms with Gasteiger partial charge in [-0.2, -0.15) is 0 Å². The number of rotatable bonds is 3. The van der Waals surface area contributed by atoms with Gasteiger partial charge in [-0.3, -0.25) is 0 Å². The Hall–Kier alpha value is -1.03. The molecule has 3 nitrogen and oxygen atoms in total. The Morgan fingerprint density at radius 3 is 2.50 bits per heavy atom. The minimum Gasteiger partial charge on any atom is -0.465 e. The van der Waals surface area contributed by atoms with Crippen LogP contribution in [0.5, 0.6) is 0 Å². The van der Waals surface area contributed by atoms with E-state index < -0.39 is 0 Å². The van der Waals surface area contributed by atoms with Gasteiger partial charge in [-0.1, -0.05) is 13.8 Å². The number of carbonyl (C=O) groups excluding carboxylic acids is 1. The molecule has 1 unspecified atom stereocenters. The van der Waals surface area contributed by atoms with Crippen molar-refractivity contribution in [2.75, 3.05) is 18.6 Å². The van der Waals surface area contributed by atoms with E-state index in [9.17, 15) is 4.79 Å². The van der Waals surface area contributed by atoms with E-state index in [1.54, 1.807) is 0 Å². The maximum absolute atomic E-state index is 11.8. The van der Waals surface area contributed by atoms with Crippen LogP contribution in [0.1, 0.15) is 49.5 Å². The molecule has 1 aromatic carbocycles. The highest BCUT2D eigenvalue weighted by Gasteiger charge is 2.34. The first-order valence-electron chi connectivity index (χ1n) is 7.05. The summed E-state index contributed by atoms with van der Waals surface area (Å²) in [5.74, 6) is 0.713. The molecular formula is C16H22BrNO2. The van der Waals surface area contributed by atoms with Crippen LogP contribution < -0.4 is 4.90 Å². The van der Waals surface area contributed by atoms with Gasteiger partial charge in [0.1, 0.15) is 0 Å². The third-order valence-corrected chi connectivity index (χ3v) is 4.63. The summed E-state index contributed by atoms with van der Waals surface area (Å²) in [5, 5.41) is 0. The van der Waals surface area contributed by atoms with Crippen LogP contribution in [0.25, 0.3) is 0 Å². The van der Waals surface area contributed by atoms with Gasteiger partial charge in [0.25, 0.3) is 0 Å². The number of nitrogens with zero attached hydrogens (tertiary/aromatic N) is 1. The van der Waals surface area contributed by atoms with Crippen LogP contribution in [0.3, 0.4) is 0 Å². The molecule has 0 radical (unpaired) electrons. The average Bonchev–Trinajstić information content (AvgIpc) is 2.78. The highest BCUT2D eigenvalue weighted by Crippen LogP contribution is 2.45. The van der Waals surface area contributed by atoms with Crippen molar-refractivity contribution in [2.45, 2.75) is 39.7 Å². The zero-order valence-electron chi connectivity index (χ0n) is 12.7. The minimum atomic E-state index is -0.279. The summed E-state index contributed by atoms with van der Waals surface area (Å²) in [6.45, 7) is 9.88. The van der Waals surface area contributed by atoms with Crippen LogP contribution in [0.15, 0.2) is 16.6 Å². The lowest BCUT2D eigenvalue weighted by Gasteiger charge is -2.26. The lowest BCUT2D eigenvalue weighted by atomic mass is 9.89. The molecule has 4 heteroatoms. The fraction of sp³-hybridized carbons (Fsp3) is 0.562. The van der Waals surface area contributed by atoms with Crippen molar-refractivity contribution < 1.29 is 9.53 Å². The number of carbonyl (C=O) groups is 1. The molecule has 2 rings (SSSR count). The second-order valence-corrected chi connectivity index (χ2v) is 6.84. The first kappa shape index (κ1) is 15.4. The van der Waals surface area contributed by atoms with Gasteiger partial charge >= 0.3 is 5.97 Å². The Kier molecular flexibility index (Phi) is 4.43. The Bertz CT molecular complexity index is 525. The van der Waals surface area contributed by atoms with Gasteiger partial charge in [-0.05, 0) is 53.4 Å². The van der Waals surface area contributed by atoms with E-state index in [-0.39, 0.29) is 5.97 Å². The van der Waals surface area contributed by atoms with Crippen molar-refractivity contribution in [2.24, 2.45) is 5.92 Å². The molecule has 0 aliphatic carbocycles. The normalized spacial score (nSPS) is 17.8. The summed E-state index contributed by atoms with van der Waals surface area (Å²) in [7, 11) is 1.42. The summed E-state index contributed by atoms with van der Waals surface area (Å²) in [6, 6.07) is 4.31. The van der Waals surface area contributed by atoms with Gasteiger partial charge in [0.2, 0.25) is 0 Å². The van der Waals surface area contributed by atoms with Crippen LogP contribution in [-0.2, 0) is 4.74 Å². The lowest BCUT2D eigenvalue weighted by molar-refractivity contribution is 0.0600. The fourth-order valence-corrected chi connectivity index (χ4v) is 3.59. The molecule has 0 aromatic heterocycles. The minimum absolute atomic E-state index is 0.279. The van der Waals surface area contributed by atoms with Crippen LogP contribution in [0.2, 0.25) is 0 Å². The highest BCUT2D eigenvalue weighted by molar-refractivity contribution is 9.10. The second-order valence-electron chi connectivity index (χ2n) is 5.98. The van der Waals surface area contributed by atoms with Crippen molar-refractivity contribution in [3.05, 3.63) is 27.7 Å². The Labute approximate surface area is 129 Å². The molecule has 1 atom stereocenters. The molecule has 0 spiro atoms. The first-order chi connectivity index (χ1) is 9.36. The maximum Gasteiger partial charge on any atom is 0.337 e. The summed E-state index contributed by atoms with van der Waals surface area (Å²) < 4.78 is 5.83. The maximum atomic E-state index is 11.8. The molecule has 0 saturated heterocycles. The van der Waals surface area contributed by atoms with Crippen molar-refractivity contribution >= 4 is 27.6 Å². The third-order valence-electron chi connectivity index (χ3n) is 4.02. The van der Waals surface area contributed by atoms with E-state index >= 15 is 0 Å². The fourth-order valence-electron chi connectivity index (χ4n) is 2.88. The molecule has 0 N–H and O–H groups in total.